The van der Waals surface area contributed by atoms with Crippen molar-refractivity contribution in [2.24, 2.45) is 5.92 Å². The highest BCUT2D eigenvalue weighted by molar-refractivity contribution is 5.77. The van der Waals surface area contributed by atoms with Gasteiger partial charge in [-0.3, -0.25) is 4.79 Å². The second-order valence-electron chi connectivity index (χ2n) is 3.88. The zero-order valence-corrected chi connectivity index (χ0v) is 8.14. The molecule has 0 heterocycles. The van der Waals surface area contributed by atoms with Gasteiger partial charge in [-0.1, -0.05) is 13.8 Å². The smallest absolute Gasteiger partial charge is 0.221 e. The third-order valence-corrected chi connectivity index (χ3v) is 1.33. The van der Waals surface area contributed by atoms with E-state index in [0.29, 0.717) is 12.3 Å². The first-order valence-corrected chi connectivity index (χ1v) is 4.09. The molecule has 0 bridgehead atoms. The number of carbonyl (C=O) groups excluding carboxylic acids is 1. The molecule has 0 radical (unpaired) electrons. The van der Waals surface area contributed by atoms with Gasteiger partial charge in [-0.2, -0.15) is 5.26 Å². The van der Waals surface area contributed by atoms with Crippen LogP contribution in [0, 0.1) is 17.2 Å². The van der Waals surface area contributed by atoms with Crippen LogP contribution in [-0.2, 0) is 4.79 Å². The minimum absolute atomic E-state index is 0.0587. The molecule has 0 fully saturated rings. The van der Waals surface area contributed by atoms with E-state index in [2.05, 4.69) is 5.32 Å². The largest absolute Gasteiger partial charge is 0.338 e. The summed E-state index contributed by atoms with van der Waals surface area (Å²) in [7, 11) is 0. The van der Waals surface area contributed by atoms with Crippen LogP contribution in [0.2, 0.25) is 0 Å². The summed E-state index contributed by atoms with van der Waals surface area (Å²) in [6.07, 6.45) is 0.477. The molecule has 0 spiro atoms. The van der Waals surface area contributed by atoms with Crippen molar-refractivity contribution in [3.63, 3.8) is 0 Å². The predicted molar refractivity (Wildman–Crippen MR) is 47.3 cm³/mol. The Balaban J connectivity index is 3.95. The first-order chi connectivity index (χ1) is 5.37. The molecule has 1 amide bonds. The van der Waals surface area contributed by atoms with E-state index >= 15 is 0 Å². The molecule has 0 aliphatic rings. The van der Waals surface area contributed by atoms with Crippen LogP contribution < -0.4 is 5.32 Å². The van der Waals surface area contributed by atoms with Crippen molar-refractivity contribution >= 4 is 5.91 Å². The van der Waals surface area contributed by atoms with Crippen molar-refractivity contribution in [3.05, 3.63) is 0 Å². The van der Waals surface area contributed by atoms with Crippen LogP contribution in [0.15, 0.2) is 0 Å². The van der Waals surface area contributed by atoms with Gasteiger partial charge in [0.2, 0.25) is 5.91 Å². The van der Waals surface area contributed by atoms with E-state index < -0.39 is 5.54 Å². The summed E-state index contributed by atoms with van der Waals surface area (Å²) < 4.78 is 0. The fraction of sp³-hybridized carbons (Fsp3) is 0.778. The van der Waals surface area contributed by atoms with E-state index in [9.17, 15) is 4.79 Å². The molecule has 1 N–H and O–H groups in total. The highest BCUT2D eigenvalue weighted by atomic mass is 16.1. The maximum absolute atomic E-state index is 11.2. The molecule has 0 aromatic heterocycles. The number of nitrogens with zero attached hydrogens (tertiary/aromatic N) is 1. The Morgan fingerprint density at radius 1 is 1.58 bits per heavy atom. The number of hydrogen-bond donors (Lipinski definition) is 1. The van der Waals surface area contributed by atoms with Gasteiger partial charge in [-0.25, -0.2) is 0 Å². The molecule has 0 aliphatic heterocycles. The fourth-order valence-electron chi connectivity index (χ4n) is 0.798. The molecule has 0 rings (SSSR count). The van der Waals surface area contributed by atoms with Crippen molar-refractivity contribution in [2.45, 2.75) is 39.7 Å². The zero-order chi connectivity index (χ0) is 9.78. The lowest BCUT2D eigenvalue weighted by Crippen LogP contribution is -2.42. The summed E-state index contributed by atoms with van der Waals surface area (Å²) in [5, 5.41) is 11.2. The van der Waals surface area contributed by atoms with Gasteiger partial charge in [0.1, 0.15) is 5.54 Å². The monoisotopic (exact) mass is 168 g/mol. The second-order valence-corrected chi connectivity index (χ2v) is 3.88. The SMILES string of the molecule is CC(C)CC(=O)NC(C)(C)C#N. The number of nitriles is 1. The van der Waals surface area contributed by atoms with Gasteiger partial charge in [0, 0.05) is 6.42 Å². The second kappa shape index (κ2) is 4.10. The third-order valence-electron chi connectivity index (χ3n) is 1.33. The van der Waals surface area contributed by atoms with Crippen LogP contribution in [0.1, 0.15) is 34.1 Å². The quantitative estimate of drug-likeness (QED) is 0.693. The fourth-order valence-corrected chi connectivity index (χ4v) is 0.798. The van der Waals surface area contributed by atoms with Crippen LogP contribution in [-0.4, -0.2) is 11.4 Å². The van der Waals surface area contributed by atoms with Gasteiger partial charge in [-0.05, 0) is 19.8 Å². The van der Waals surface area contributed by atoms with Gasteiger partial charge < -0.3 is 5.32 Å². The lowest BCUT2D eigenvalue weighted by atomic mass is 10.1. The topological polar surface area (TPSA) is 52.9 Å². The molecule has 0 aliphatic carbocycles. The average molecular weight is 168 g/mol. The van der Waals surface area contributed by atoms with Gasteiger partial charge >= 0.3 is 0 Å². The van der Waals surface area contributed by atoms with E-state index in [-0.39, 0.29) is 5.91 Å². The standard InChI is InChI=1S/C9H16N2O/c1-7(2)5-8(12)11-9(3,4)6-10/h7H,5H2,1-4H3,(H,11,12). The molecule has 0 aromatic rings. The summed E-state index contributed by atoms with van der Waals surface area (Å²) in [6, 6.07) is 2.01. The zero-order valence-electron chi connectivity index (χ0n) is 8.14. The van der Waals surface area contributed by atoms with Crippen LogP contribution in [0.5, 0.6) is 0 Å². The Bertz CT molecular complexity index is 201. The van der Waals surface area contributed by atoms with Crippen LogP contribution in [0.3, 0.4) is 0 Å². The molecule has 0 saturated carbocycles. The maximum Gasteiger partial charge on any atom is 0.221 e. The van der Waals surface area contributed by atoms with Gasteiger partial charge in [0.25, 0.3) is 0 Å². The Kier molecular flexibility index (Phi) is 3.75. The molecular formula is C9H16N2O. The predicted octanol–water partition coefficient (Wildman–Crippen LogP) is 1.45. The Morgan fingerprint density at radius 2 is 2.08 bits per heavy atom. The molecule has 0 unspecified atom stereocenters. The summed E-state index contributed by atoms with van der Waals surface area (Å²) in [4.78, 5) is 11.2. The molecule has 0 atom stereocenters. The lowest BCUT2D eigenvalue weighted by Gasteiger charge is -2.17. The maximum atomic E-state index is 11.2. The number of carbonyl (C=O) groups is 1. The Morgan fingerprint density at radius 3 is 2.42 bits per heavy atom. The highest BCUT2D eigenvalue weighted by Crippen LogP contribution is 2.03. The molecule has 0 aromatic carbocycles. The molecule has 68 valence electrons. The number of hydrogen-bond acceptors (Lipinski definition) is 2. The van der Waals surface area contributed by atoms with Crippen LogP contribution >= 0.6 is 0 Å². The number of rotatable bonds is 3. The molecule has 12 heavy (non-hydrogen) atoms. The van der Waals surface area contributed by atoms with E-state index in [1.54, 1.807) is 13.8 Å². The molecule has 0 saturated heterocycles. The third kappa shape index (κ3) is 4.73. The van der Waals surface area contributed by atoms with Crippen molar-refractivity contribution < 1.29 is 4.79 Å². The minimum atomic E-state index is -0.744. The Hall–Kier alpha value is -1.04. The highest BCUT2D eigenvalue weighted by Gasteiger charge is 2.19. The van der Waals surface area contributed by atoms with E-state index in [0.717, 1.165) is 0 Å². The van der Waals surface area contributed by atoms with Crippen molar-refractivity contribution in [1.82, 2.24) is 5.32 Å². The lowest BCUT2D eigenvalue weighted by molar-refractivity contribution is -0.122. The first-order valence-electron chi connectivity index (χ1n) is 4.09. The van der Waals surface area contributed by atoms with E-state index in [1.165, 1.54) is 0 Å². The van der Waals surface area contributed by atoms with E-state index in [1.807, 2.05) is 19.9 Å². The first kappa shape index (κ1) is 11.0. The van der Waals surface area contributed by atoms with Gasteiger partial charge in [-0.15, -0.1) is 0 Å². The molecular weight excluding hydrogens is 152 g/mol. The number of nitrogens with one attached hydrogen (secondary N) is 1. The summed E-state index contributed by atoms with van der Waals surface area (Å²) in [5.74, 6) is 0.274. The molecule has 3 nitrogen and oxygen atoms in total. The molecule has 3 heteroatoms. The summed E-state index contributed by atoms with van der Waals surface area (Å²) >= 11 is 0. The summed E-state index contributed by atoms with van der Waals surface area (Å²) in [6.45, 7) is 7.31. The van der Waals surface area contributed by atoms with Gasteiger partial charge in [0.15, 0.2) is 0 Å². The number of amides is 1. The van der Waals surface area contributed by atoms with Crippen molar-refractivity contribution in [1.29, 1.82) is 5.26 Å². The Labute approximate surface area is 73.8 Å². The van der Waals surface area contributed by atoms with Crippen molar-refractivity contribution in [3.8, 4) is 6.07 Å². The summed E-state index contributed by atoms with van der Waals surface area (Å²) in [5.41, 5.74) is -0.744. The normalized spacial score (nSPS) is 11.0. The van der Waals surface area contributed by atoms with Crippen LogP contribution in [0.25, 0.3) is 0 Å². The van der Waals surface area contributed by atoms with Gasteiger partial charge in [0.05, 0.1) is 6.07 Å². The average Bonchev–Trinajstić information content (AvgIpc) is 1.84. The van der Waals surface area contributed by atoms with Crippen LogP contribution in [0.4, 0.5) is 0 Å². The van der Waals surface area contributed by atoms with Crippen molar-refractivity contribution in [2.75, 3.05) is 0 Å². The minimum Gasteiger partial charge on any atom is -0.338 e. The van der Waals surface area contributed by atoms with E-state index in [4.69, 9.17) is 5.26 Å².